The van der Waals surface area contributed by atoms with Gasteiger partial charge in [-0.2, -0.15) is 0 Å². The van der Waals surface area contributed by atoms with Crippen molar-refractivity contribution in [3.8, 4) is 5.75 Å². The molecule has 2 unspecified atom stereocenters. The third-order valence-electron chi connectivity index (χ3n) is 3.56. The molecule has 1 aromatic rings. The van der Waals surface area contributed by atoms with Crippen molar-refractivity contribution in [3.63, 3.8) is 0 Å². The van der Waals surface area contributed by atoms with Crippen LogP contribution < -0.4 is 10.5 Å². The van der Waals surface area contributed by atoms with Crippen molar-refractivity contribution >= 4 is 0 Å². The minimum atomic E-state index is 0.125. The zero-order chi connectivity index (χ0) is 12.4. The molecule has 1 aliphatic heterocycles. The largest absolute Gasteiger partial charge is 0.490 e. The molecule has 0 bridgehead atoms. The molecule has 2 N–H and O–H groups in total. The van der Waals surface area contributed by atoms with Crippen LogP contribution in [0, 0.1) is 11.8 Å². The minimum absolute atomic E-state index is 0.125. The van der Waals surface area contributed by atoms with Crippen LogP contribution in [0.2, 0.25) is 0 Å². The van der Waals surface area contributed by atoms with Gasteiger partial charge in [-0.3, -0.25) is 0 Å². The summed E-state index contributed by atoms with van der Waals surface area (Å²) in [7, 11) is 0. The van der Waals surface area contributed by atoms with E-state index >= 15 is 0 Å². The van der Waals surface area contributed by atoms with Crippen LogP contribution in [0.15, 0.2) is 24.3 Å². The highest BCUT2D eigenvalue weighted by Crippen LogP contribution is 2.36. The van der Waals surface area contributed by atoms with Gasteiger partial charge in [0.1, 0.15) is 11.9 Å². The van der Waals surface area contributed by atoms with Gasteiger partial charge in [0.2, 0.25) is 0 Å². The molecule has 2 rings (SSSR count). The molecular formula is C15H23NO. The maximum Gasteiger partial charge on any atom is 0.124 e. The summed E-state index contributed by atoms with van der Waals surface area (Å²) in [5, 5.41) is 0. The van der Waals surface area contributed by atoms with Crippen LogP contribution in [0.25, 0.3) is 0 Å². The Morgan fingerprint density at radius 2 is 2.00 bits per heavy atom. The van der Waals surface area contributed by atoms with Gasteiger partial charge in [-0.1, -0.05) is 39.0 Å². The predicted molar refractivity (Wildman–Crippen MR) is 71.0 cm³/mol. The quantitative estimate of drug-likeness (QED) is 0.867. The predicted octanol–water partition coefficient (Wildman–Crippen LogP) is 3.52. The van der Waals surface area contributed by atoms with Gasteiger partial charge in [0.05, 0.1) is 0 Å². The topological polar surface area (TPSA) is 35.2 Å². The molecule has 0 fully saturated rings. The van der Waals surface area contributed by atoms with E-state index in [2.05, 4.69) is 26.8 Å². The van der Waals surface area contributed by atoms with Gasteiger partial charge in [0.25, 0.3) is 0 Å². The monoisotopic (exact) mass is 233 g/mol. The van der Waals surface area contributed by atoms with E-state index < -0.39 is 0 Å². The van der Waals surface area contributed by atoms with Crippen LogP contribution in [0.1, 0.15) is 45.2 Å². The molecule has 0 saturated heterocycles. The molecule has 1 heterocycles. The van der Waals surface area contributed by atoms with Gasteiger partial charge in [-0.15, -0.1) is 0 Å². The lowest BCUT2D eigenvalue weighted by atomic mass is 9.87. The van der Waals surface area contributed by atoms with Gasteiger partial charge in [0, 0.05) is 18.0 Å². The number of hydrogen-bond donors (Lipinski definition) is 1. The smallest absolute Gasteiger partial charge is 0.124 e. The molecule has 3 atom stereocenters. The first-order valence-electron chi connectivity index (χ1n) is 6.59. The van der Waals surface area contributed by atoms with Crippen molar-refractivity contribution in [3.05, 3.63) is 29.8 Å². The van der Waals surface area contributed by atoms with Crippen molar-refractivity contribution in [2.24, 2.45) is 17.6 Å². The molecule has 17 heavy (non-hydrogen) atoms. The van der Waals surface area contributed by atoms with Crippen molar-refractivity contribution in [1.29, 1.82) is 0 Å². The van der Waals surface area contributed by atoms with Crippen molar-refractivity contribution in [2.75, 3.05) is 0 Å². The number of hydrogen-bond acceptors (Lipinski definition) is 2. The number of fused-ring (bicyclic) bond motifs is 1. The van der Waals surface area contributed by atoms with Gasteiger partial charge in [-0.05, 0) is 24.3 Å². The maximum atomic E-state index is 6.23. The van der Waals surface area contributed by atoms with Crippen molar-refractivity contribution in [1.82, 2.24) is 0 Å². The number of rotatable bonds is 3. The van der Waals surface area contributed by atoms with Gasteiger partial charge in [0.15, 0.2) is 0 Å². The zero-order valence-corrected chi connectivity index (χ0v) is 11.0. The number of ether oxygens (including phenoxy) is 1. The molecule has 1 aliphatic rings. The average molecular weight is 233 g/mol. The fourth-order valence-corrected chi connectivity index (χ4v) is 2.73. The molecule has 94 valence electrons. The van der Waals surface area contributed by atoms with E-state index in [4.69, 9.17) is 10.5 Å². The Bertz CT molecular complexity index is 375. The lowest BCUT2D eigenvalue weighted by molar-refractivity contribution is 0.0962. The SMILES string of the molecule is CC(C)CC(C)C1C[C@H](N)c2ccccc2O1. The van der Waals surface area contributed by atoms with Crippen LogP contribution >= 0.6 is 0 Å². The molecule has 2 heteroatoms. The summed E-state index contributed by atoms with van der Waals surface area (Å²) >= 11 is 0. The molecular weight excluding hydrogens is 210 g/mol. The van der Waals surface area contributed by atoms with E-state index in [1.54, 1.807) is 0 Å². The van der Waals surface area contributed by atoms with Crippen LogP contribution in [0.4, 0.5) is 0 Å². The number of benzene rings is 1. The molecule has 1 aromatic carbocycles. The first-order valence-corrected chi connectivity index (χ1v) is 6.59. The third-order valence-corrected chi connectivity index (χ3v) is 3.56. The van der Waals surface area contributed by atoms with Gasteiger partial charge in [-0.25, -0.2) is 0 Å². The van der Waals surface area contributed by atoms with E-state index in [0.29, 0.717) is 11.8 Å². The van der Waals surface area contributed by atoms with E-state index in [0.717, 1.165) is 17.7 Å². The van der Waals surface area contributed by atoms with E-state index in [9.17, 15) is 0 Å². The highest BCUT2D eigenvalue weighted by Gasteiger charge is 2.29. The lowest BCUT2D eigenvalue weighted by Crippen LogP contribution is -2.34. The Balaban J connectivity index is 2.11. The minimum Gasteiger partial charge on any atom is -0.490 e. The summed E-state index contributed by atoms with van der Waals surface area (Å²) in [4.78, 5) is 0. The summed E-state index contributed by atoms with van der Waals surface area (Å²) < 4.78 is 6.09. The Labute approximate surface area is 104 Å². The summed E-state index contributed by atoms with van der Waals surface area (Å²) in [6.07, 6.45) is 2.40. The summed E-state index contributed by atoms with van der Waals surface area (Å²) in [5.74, 6) is 2.25. The maximum absolute atomic E-state index is 6.23. The number of para-hydroxylation sites is 1. The normalized spacial score (nSPS) is 25.2. The van der Waals surface area contributed by atoms with Gasteiger partial charge >= 0.3 is 0 Å². The van der Waals surface area contributed by atoms with E-state index in [1.807, 2.05) is 18.2 Å². The molecule has 0 spiro atoms. The fraction of sp³-hybridized carbons (Fsp3) is 0.600. The molecule has 0 aromatic heterocycles. The molecule has 2 nitrogen and oxygen atoms in total. The highest BCUT2D eigenvalue weighted by molar-refractivity contribution is 5.37. The molecule has 0 aliphatic carbocycles. The Hall–Kier alpha value is -1.02. The Morgan fingerprint density at radius 1 is 1.29 bits per heavy atom. The summed E-state index contributed by atoms with van der Waals surface area (Å²) in [6, 6.07) is 8.27. The second-order valence-electron chi connectivity index (χ2n) is 5.64. The fourth-order valence-electron chi connectivity index (χ4n) is 2.73. The Morgan fingerprint density at radius 3 is 2.71 bits per heavy atom. The lowest BCUT2D eigenvalue weighted by Gasteiger charge is -2.34. The van der Waals surface area contributed by atoms with Crippen molar-refractivity contribution in [2.45, 2.75) is 45.8 Å². The zero-order valence-electron chi connectivity index (χ0n) is 11.0. The first kappa shape index (κ1) is 12.4. The van der Waals surface area contributed by atoms with Crippen LogP contribution in [-0.4, -0.2) is 6.10 Å². The molecule has 0 amide bonds. The average Bonchev–Trinajstić information content (AvgIpc) is 2.28. The highest BCUT2D eigenvalue weighted by atomic mass is 16.5. The van der Waals surface area contributed by atoms with Gasteiger partial charge < -0.3 is 10.5 Å². The number of nitrogens with two attached hydrogens (primary N) is 1. The third kappa shape index (κ3) is 2.81. The Kier molecular flexibility index (Phi) is 3.72. The first-order chi connectivity index (χ1) is 8.08. The van der Waals surface area contributed by atoms with E-state index in [-0.39, 0.29) is 12.1 Å². The van der Waals surface area contributed by atoms with Crippen LogP contribution in [0.5, 0.6) is 5.75 Å². The van der Waals surface area contributed by atoms with Crippen LogP contribution in [0.3, 0.4) is 0 Å². The van der Waals surface area contributed by atoms with E-state index in [1.165, 1.54) is 6.42 Å². The molecule has 0 radical (unpaired) electrons. The van der Waals surface area contributed by atoms with Crippen LogP contribution in [-0.2, 0) is 0 Å². The second kappa shape index (κ2) is 5.09. The second-order valence-corrected chi connectivity index (χ2v) is 5.64. The molecule has 0 saturated carbocycles. The summed E-state index contributed by atoms with van der Waals surface area (Å²) in [6.45, 7) is 6.78. The summed E-state index contributed by atoms with van der Waals surface area (Å²) in [5.41, 5.74) is 7.38. The standard InChI is InChI=1S/C15H23NO/c1-10(2)8-11(3)15-9-13(16)12-6-4-5-7-14(12)17-15/h4-7,10-11,13,15H,8-9,16H2,1-3H3/t11?,13-,15?/m0/s1. The van der Waals surface area contributed by atoms with Crippen molar-refractivity contribution < 1.29 is 4.74 Å².